The molecule has 18 heavy (non-hydrogen) atoms. The Labute approximate surface area is 119 Å². The first-order chi connectivity index (χ1) is 8.25. The van der Waals surface area contributed by atoms with E-state index < -0.39 is 9.58 Å². The minimum Gasteiger partial charge on any atom is -0.507 e. The molecule has 0 bridgehead atoms. The van der Waals surface area contributed by atoms with Crippen molar-refractivity contribution in [1.82, 2.24) is 0 Å². The van der Waals surface area contributed by atoms with Crippen LogP contribution in [0.15, 0.2) is 30.0 Å². The number of hydrogen-bond acceptors (Lipinski definition) is 4. The number of nitrogens with two attached hydrogens (primary N) is 1. The topological polar surface area (TPSA) is 72.5 Å². The van der Waals surface area contributed by atoms with E-state index >= 15 is 0 Å². The molecular weight excluding hydrogens is 300 g/mol. The second-order valence-corrected chi connectivity index (χ2v) is 5.63. The third-order valence-electron chi connectivity index (χ3n) is 2.08. The lowest BCUT2D eigenvalue weighted by molar-refractivity contribution is 0.104. The Kier molecular flexibility index (Phi) is 4.73. The fourth-order valence-corrected chi connectivity index (χ4v) is 1.31. The molecule has 0 spiro atoms. The molecule has 0 radical (unpaired) electrons. The van der Waals surface area contributed by atoms with Gasteiger partial charge in [0.1, 0.15) is 11.5 Å². The maximum absolute atomic E-state index is 11.8. The first kappa shape index (κ1) is 15.0. The highest BCUT2D eigenvalue weighted by Gasteiger charge is 2.24. The van der Waals surface area contributed by atoms with Crippen molar-refractivity contribution in [2.75, 3.05) is 7.11 Å². The van der Waals surface area contributed by atoms with Crippen molar-refractivity contribution >= 4 is 40.6 Å². The van der Waals surface area contributed by atoms with Crippen LogP contribution < -0.4 is 10.5 Å². The number of rotatable bonds is 3. The summed E-state index contributed by atoms with van der Waals surface area (Å²) in [4.78, 5) is 11.8. The van der Waals surface area contributed by atoms with Gasteiger partial charge in [-0.15, -0.1) is 0 Å². The lowest BCUT2D eigenvalue weighted by Crippen LogP contribution is -2.17. The van der Waals surface area contributed by atoms with Gasteiger partial charge in [0, 0.05) is 12.1 Å². The monoisotopic (exact) mass is 309 g/mol. The van der Waals surface area contributed by atoms with Crippen LogP contribution in [-0.2, 0) is 0 Å². The zero-order chi connectivity index (χ0) is 13.9. The number of aromatic hydroxyl groups is 1. The molecule has 7 heteroatoms. The number of alkyl halides is 3. The normalized spacial score (nSPS) is 12.3. The summed E-state index contributed by atoms with van der Waals surface area (Å²) in [5, 5.41) is 9.64. The number of methoxy groups -OCH3 is 1. The first-order valence-electron chi connectivity index (χ1n) is 4.71. The summed E-state index contributed by atoms with van der Waals surface area (Å²) >= 11 is 16.5. The predicted octanol–water partition coefficient (Wildman–Crippen LogP) is 2.80. The first-order valence-corrected chi connectivity index (χ1v) is 5.85. The number of ether oxygens (including phenoxy) is 1. The smallest absolute Gasteiger partial charge is 0.230 e. The van der Waals surface area contributed by atoms with E-state index in [1.165, 1.54) is 25.3 Å². The summed E-state index contributed by atoms with van der Waals surface area (Å²) in [7, 11) is 1.44. The fraction of sp³-hybridized carbons (Fsp3) is 0.182. The number of carbonyl (C=O) groups excluding carboxylic acids is 1. The van der Waals surface area contributed by atoms with Gasteiger partial charge in [-0.3, -0.25) is 4.79 Å². The van der Waals surface area contributed by atoms with Gasteiger partial charge in [0.05, 0.1) is 18.4 Å². The summed E-state index contributed by atoms with van der Waals surface area (Å²) < 4.78 is 3.03. The fourth-order valence-electron chi connectivity index (χ4n) is 1.15. The Morgan fingerprint density at radius 2 is 2.06 bits per heavy atom. The van der Waals surface area contributed by atoms with E-state index in [0.717, 1.165) is 6.08 Å². The van der Waals surface area contributed by atoms with Crippen LogP contribution in [0.5, 0.6) is 11.5 Å². The van der Waals surface area contributed by atoms with Crippen LogP contribution >= 0.6 is 34.8 Å². The molecule has 98 valence electrons. The van der Waals surface area contributed by atoms with Gasteiger partial charge >= 0.3 is 0 Å². The number of hydrogen-bond donors (Lipinski definition) is 2. The largest absolute Gasteiger partial charge is 0.507 e. The number of benzene rings is 1. The lowest BCUT2D eigenvalue weighted by atomic mass is 10.1. The average Bonchev–Trinajstić information content (AvgIpc) is 2.27. The highest BCUT2D eigenvalue weighted by atomic mass is 35.6. The van der Waals surface area contributed by atoms with E-state index in [-0.39, 0.29) is 17.0 Å². The Morgan fingerprint density at radius 1 is 1.44 bits per heavy atom. The lowest BCUT2D eigenvalue weighted by Gasteiger charge is -2.10. The highest BCUT2D eigenvalue weighted by Crippen LogP contribution is 2.32. The zero-order valence-electron chi connectivity index (χ0n) is 9.28. The van der Waals surface area contributed by atoms with Crippen molar-refractivity contribution in [1.29, 1.82) is 0 Å². The third-order valence-corrected chi connectivity index (χ3v) is 2.74. The van der Waals surface area contributed by atoms with Crippen LogP contribution in [0, 0.1) is 0 Å². The van der Waals surface area contributed by atoms with Crippen molar-refractivity contribution in [3.8, 4) is 11.5 Å². The number of halogens is 3. The van der Waals surface area contributed by atoms with Crippen LogP contribution in [0.4, 0.5) is 0 Å². The van der Waals surface area contributed by atoms with Gasteiger partial charge in [-0.1, -0.05) is 34.8 Å². The molecule has 1 aromatic carbocycles. The Bertz CT molecular complexity index is 495. The maximum Gasteiger partial charge on any atom is 0.230 e. The molecule has 0 aromatic heterocycles. The Hall–Kier alpha value is -1.10. The van der Waals surface area contributed by atoms with Crippen molar-refractivity contribution in [3.05, 3.63) is 35.5 Å². The van der Waals surface area contributed by atoms with Crippen LogP contribution in [0.1, 0.15) is 10.4 Å². The van der Waals surface area contributed by atoms with E-state index in [9.17, 15) is 9.90 Å². The molecule has 1 aromatic rings. The molecule has 0 saturated heterocycles. The maximum atomic E-state index is 11.8. The molecule has 3 N–H and O–H groups in total. The van der Waals surface area contributed by atoms with Crippen LogP contribution in [-0.4, -0.2) is 21.8 Å². The summed E-state index contributed by atoms with van der Waals surface area (Å²) in [6, 6.07) is 4.21. The van der Waals surface area contributed by atoms with Crippen molar-refractivity contribution in [3.63, 3.8) is 0 Å². The summed E-state index contributed by atoms with van der Waals surface area (Å²) in [5.41, 5.74) is 5.24. The number of ketones is 1. The van der Waals surface area contributed by atoms with Gasteiger partial charge in [-0.25, -0.2) is 0 Å². The van der Waals surface area contributed by atoms with E-state index in [4.69, 9.17) is 45.3 Å². The second-order valence-electron chi connectivity index (χ2n) is 3.34. The third kappa shape index (κ3) is 3.70. The van der Waals surface area contributed by atoms with Crippen LogP contribution in [0.2, 0.25) is 0 Å². The molecule has 1 rings (SSSR count). The van der Waals surface area contributed by atoms with Gasteiger partial charge in [0.25, 0.3) is 0 Å². The van der Waals surface area contributed by atoms with Gasteiger partial charge < -0.3 is 15.6 Å². The average molecular weight is 311 g/mol. The molecule has 0 unspecified atom stereocenters. The molecule has 0 heterocycles. The quantitative estimate of drug-likeness (QED) is 0.511. The SMILES string of the molecule is COc1ccc(C(=O)/C=C(\N)C(Cl)(Cl)Cl)c(O)c1. The standard InChI is InChI=1S/C11H10Cl3NO3/c1-18-6-2-3-7(8(16)4-6)9(17)5-10(15)11(12,13)14/h2-5,16H,15H2,1H3/b10-5-. The molecule has 4 nitrogen and oxygen atoms in total. The molecule has 0 atom stereocenters. The van der Waals surface area contributed by atoms with Crippen LogP contribution in [0.3, 0.4) is 0 Å². The van der Waals surface area contributed by atoms with Gasteiger partial charge in [-0.05, 0) is 12.1 Å². The summed E-state index contributed by atoms with van der Waals surface area (Å²) in [6.45, 7) is 0. The summed E-state index contributed by atoms with van der Waals surface area (Å²) in [5.74, 6) is -0.394. The number of allylic oxidation sites excluding steroid dienone is 2. The van der Waals surface area contributed by atoms with Crippen molar-refractivity contribution < 1.29 is 14.6 Å². The molecule has 0 aliphatic rings. The van der Waals surface area contributed by atoms with E-state index in [2.05, 4.69) is 0 Å². The van der Waals surface area contributed by atoms with Crippen molar-refractivity contribution in [2.45, 2.75) is 3.79 Å². The van der Waals surface area contributed by atoms with Crippen LogP contribution in [0.25, 0.3) is 0 Å². The Morgan fingerprint density at radius 3 is 2.50 bits per heavy atom. The van der Waals surface area contributed by atoms with Gasteiger partial charge in [-0.2, -0.15) is 0 Å². The van der Waals surface area contributed by atoms with Crippen molar-refractivity contribution in [2.24, 2.45) is 5.73 Å². The van der Waals surface area contributed by atoms with E-state index in [1.54, 1.807) is 0 Å². The number of carbonyl (C=O) groups is 1. The molecule has 0 amide bonds. The Balaban J connectivity index is 3.06. The molecule has 0 fully saturated rings. The molecular formula is C11H10Cl3NO3. The number of phenolic OH excluding ortho intramolecular Hbond substituents is 1. The van der Waals surface area contributed by atoms with Gasteiger partial charge in [0.15, 0.2) is 5.78 Å². The zero-order valence-corrected chi connectivity index (χ0v) is 11.6. The molecule has 0 saturated carbocycles. The minimum absolute atomic E-state index is 0.0352. The number of phenols is 1. The summed E-state index contributed by atoms with van der Waals surface area (Å²) in [6.07, 6.45) is 0.953. The second kappa shape index (κ2) is 5.69. The predicted molar refractivity (Wildman–Crippen MR) is 71.5 cm³/mol. The van der Waals surface area contributed by atoms with E-state index in [1.807, 2.05) is 0 Å². The highest BCUT2D eigenvalue weighted by molar-refractivity contribution is 6.69. The molecule has 0 aliphatic heterocycles. The minimum atomic E-state index is -1.86. The van der Waals surface area contributed by atoms with E-state index in [0.29, 0.717) is 5.75 Å². The molecule has 0 aliphatic carbocycles. The van der Waals surface area contributed by atoms with Gasteiger partial charge in [0.2, 0.25) is 3.79 Å².